The molecule has 2 fully saturated rings. The zero-order valence-electron chi connectivity index (χ0n) is 11.7. The lowest BCUT2D eigenvalue weighted by Gasteiger charge is -2.37. The van der Waals surface area contributed by atoms with Crippen LogP contribution < -0.4 is 4.74 Å². The van der Waals surface area contributed by atoms with E-state index in [-0.39, 0.29) is 12.5 Å². The Hall–Kier alpha value is -0.970. The first-order valence-corrected chi connectivity index (χ1v) is 7.99. The van der Waals surface area contributed by atoms with Crippen LogP contribution in [0.1, 0.15) is 12.8 Å². The molecule has 0 radical (unpaired) electrons. The van der Waals surface area contributed by atoms with E-state index in [1.165, 1.54) is 19.4 Å². The highest BCUT2D eigenvalue weighted by Crippen LogP contribution is 2.27. The van der Waals surface area contributed by atoms with Crippen LogP contribution in [0.25, 0.3) is 0 Å². The highest BCUT2D eigenvalue weighted by Gasteiger charge is 2.32. The van der Waals surface area contributed by atoms with Gasteiger partial charge in [-0.3, -0.25) is 9.69 Å². The summed E-state index contributed by atoms with van der Waals surface area (Å²) >= 11 is 11.9. The van der Waals surface area contributed by atoms with Gasteiger partial charge in [0, 0.05) is 30.7 Å². The first kappa shape index (κ1) is 14.9. The second-order valence-corrected chi connectivity index (χ2v) is 6.38. The van der Waals surface area contributed by atoms with Gasteiger partial charge in [0.1, 0.15) is 5.75 Å². The number of ether oxygens (including phenoxy) is 1. The van der Waals surface area contributed by atoms with E-state index in [1.54, 1.807) is 18.2 Å². The van der Waals surface area contributed by atoms with Crippen LogP contribution in [0.5, 0.6) is 5.75 Å². The normalized spacial score (nSPS) is 22.2. The fourth-order valence-electron chi connectivity index (χ4n) is 3.04. The minimum Gasteiger partial charge on any atom is -0.482 e. The number of hydrogen-bond acceptors (Lipinski definition) is 3. The molecule has 0 aliphatic carbocycles. The van der Waals surface area contributed by atoms with Gasteiger partial charge >= 0.3 is 0 Å². The summed E-state index contributed by atoms with van der Waals surface area (Å²) in [6, 6.07) is 5.53. The molecule has 1 aromatic rings. The Kier molecular flexibility index (Phi) is 4.57. The van der Waals surface area contributed by atoms with Crippen molar-refractivity contribution in [1.29, 1.82) is 0 Å². The van der Waals surface area contributed by atoms with E-state index in [2.05, 4.69) is 4.90 Å². The van der Waals surface area contributed by atoms with E-state index in [1.807, 2.05) is 4.90 Å². The van der Waals surface area contributed by atoms with Crippen molar-refractivity contribution in [2.24, 2.45) is 0 Å². The summed E-state index contributed by atoms with van der Waals surface area (Å²) in [4.78, 5) is 16.6. The molecule has 2 heterocycles. The number of nitrogens with zero attached hydrogens (tertiary/aromatic N) is 2. The lowest BCUT2D eigenvalue weighted by atomic mass is 10.1. The number of carbonyl (C=O) groups is 1. The average Bonchev–Trinajstić information content (AvgIpc) is 2.93. The third-order valence-corrected chi connectivity index (χ3v) is 4.72. The van der Waals surface area contributed by atoms with Gasteiger partial charge in [0.25, 0.3) is 5.91 Å². The molecule has 0 aromatic heterocycles. The van der Waals surface area contributed by atoms with Crippen LogP contribution >= 0.6 is 23.2 Å². The van der Waals surface area contributed by atoms with Gasteiger partial charge in [-0.25, -0.2) is 0 Å². The Bertz CT molecular complexity index is 538. The number of hydrogen-bond donors (Lipinski definition) is 0. The summed E-state index contributed by atoms with van der Waals surface area (Å²) in [7, 11) is 0. The minimum atomic E-state index is 0.0209. The standard InChI is InChI=1S/C15H18Cl2N2O2/c16-11-3-4-14(13(17)8-11)21-10-15(20)19-7-6-18-5-1-2-12(18)9-19/h3-4,8,12H,1-2,5-7,9-10H2. The Morgan fingerprint density at radius 2 is 2.14 bits per heavy atom. The van der Waals surface area contributed by atoms with E-state index in [4.69, 9.17) is 27.9 Å². The molecule has 1 unspecified atom stereocenters. The molecule has 0 N–H and O–H groups in total. The number of amides is 1. The molecule has 1 aromatic carbocycles. The maximum Gasteiger partial charge on any atom is 0.260 e. The molecule has 6 heteroatoms. The number of rotatable bonds is 3. The van der Waals surface area contributed by atoms with Crippen LogP contribution in [-0.2, 0) is 4.79 Å². The Labute approximate surface area is 134 Å². The molecule has 2 aliphatic rings. The third-order valence-electron chi connectivity index (χ3n) is 4.19. The van der Waals surface area contributed by atoms with Gasteiger partial charge in [0.15, 0.2) is 6.61 Å². The van der Waals surface area contributed by atoms with Crippen LogP contribution in [0.15, 0.2) is 18.2 Å². The first-order valence-electron chi connectivity index (χ1n) is 7.23. The van der Waals surface area contributed by atoms with E-state index < -0.39 is 0 Å². The van der Waals surface area contributed by atoms with Gasteiger partial charge in [0.2, 0.25) is 0 Å². The molecule has 2 saturated heterocycles. The van der Waals surface area contributed by atoms with Gasteiger partial charge in [-0.05, 0) is 37.6 Å². The molecule has 1 atom stereocenters. The minimum absolute atomic E-state index is 0.0209. The Balaban J connectivity index is 1.54. The molecule has 1 amide bonds. The van der Waals surface area contributed by atoms with Crippen LogP contribution in [0.3, 0.4) is 0 Å². The number of fused-ring (bicyclic) bond motifs is 1. The van der Waals surface area contributed by atoms with Crippen molar-refractivity contribution in [2.75, 3.05) is 32.8 Å². The van der Waals surface area contributed by atoms with Gasteiger partial charge in [0.05, 0.1) is 5.02 Å². The molecule has 0 saturated carbocycles. The summed E-state index contributed by atoms with van der Waals surface area (Å²) in [6.07, 6.45) is 2.43. The van der Waals surface area contributed by atoms with Crippen molar-refractivity contribution in [2.45, 2.75) is 18.9 Å². The fourth-order valence-corrected chi connectivity index (χ4v) is 3.50. The van der Waals surface area contributed by atoms with Gasteiger partial charge in [-0.15, -0.1) is 0 Å². The predicted octanol–water partition coefficient (Wildman–Crippen LogP) is 2.68. The molecule has 21 heavy (non-hydrogen) atoms. The molecule has 114 valence electrons. The molecule has 0 spiro atoms. The monoisotopic (exact) mass is 328 g/mol. The van der Waals surface area contributed by atoms with E-state index >= 15 is 0 Å². The number of benzene rings is 1. The van der Waals surface area contributed by atoms with Crippen molar-refractivity contribution in [1.82, 2.24) is 9.80 Å². The molecule has 0 bridgehead atoms. The lowest BCUT2D eigenvalue weighted by molar-refractivity contribution is -0.135. The van der Waals surface area contributed by atoms with Crippen molar-refractivity contribution in [3.63, 3.8) is 0 Å². The van der Waals surface area contributed by atoms with Crippen LogP contribution in [0.2, 0.25) is 10.0 Å². The summed E-state index contributed by atoms with van der Waals surface area (Å²) in [5, 5.41) is 0.979. The zero-order chi connectivity index (χ0) is 14.8. The van der Waals surface area contributed by atoms with E-state index in [0.29, 0.717) is 21.8 Å². The highest BCUT2D eigenvalue weighted by molar-refractivity contribution is 6.35. The topological polar surface area (TPSA) is 32.8 Å². The van der Waals surface area contributed by atoms with Crippen molar-refractivity contribution >= 4 is 29.1 Å². The maximum atomic E-state index is 12.3. The second kappa shape index (κ2) is 6.42. The summed E-state index contributed by atoms with van der Waals surface area (Å²) in [6.45, 7) is 3.76. The smallest absolute Gasteiger partial charge is 0.260 e. The van der Waals surface area contributed by atoms with Crippen molar-refractivity contribution in [3.05, 3.63) is 28.2 Å². The SMILES string of the molecule is O=C(COc1ccc(Cl)cc1Cl)N1CCN2CCCC2C1. The van der Waals surface area contributed by atoms with Crippen molar-refractivity contribution in [3.8, 4) is 5.75 Å². The Morgan fingerprint density at radius 3 is 2.95 bits per heavy atom. The number of carbonyl (C=O) groups excluding carboxylic acids is 1. The van der Waals surface area contributed by atoms with E-state index in [0.717, 1.165) is 19.6 Å². The van der Waals surface area contributed by atoms with Crippen molar-refractivity contribution < 1.29 is 9.53 Å². The van der Waals surface area contributed by atoms with Crippen LogP contribution in [-0.4, -0.2) is 54.5 Å². The molecule has 2 aliphatic heterocycles. The van der Waals surface area contributed by atoms with Crippen LogP contribution in [0, 0.1) is 0 Å². The molecule has 3 rings (SSSR count). The van der Waals surface area contributed by atoms with Crippen LogP contribution in [0.4, 0.5) is 0 Å². The lowest BCUT2D eigenvalue weighted by Crippen LogP contribution is -2.53. The average molecular weight is 329 g/mol. The molecular weight excluding hydrogens is 311 g/mol. The first-order chi connectivity index (χ1) is 10.1. The zero-order valence-corrected chi connectivity index (χ0v) is 13.2. The third kappa shape index (κ3) is 3.44. The van der Waals surface area contributed by atoms with Gasteiger partial charge < -0.3 is 9.64 Å². The highest BCUT2D eigenvalue weighted by atomic mass is 35.5. The quantitative estimate of drug-likeness (QED) is 0.855. The summed E-state index contributed by atoms with van der Waals surface area (Å²) in [5.74, 6) is 0.515. The van der Waals surface area contributed by atoms with Gasteiger partial charge in [-0.1, -0.05) is 23.2 Å². The molecular formula is C15H18Cl2N2O2. The fraction of sp³-hybridized carbons (Fsp3) is 0.533. The Morgan fingerprint density at radius 1 is 1.29 bits per heavy atom. The second-order valence-electron chi connectivity index (χ2n) is 5.54. The number of halogens is 2. The predicted molar refractivity (Wildman–Crippen MR) is 83.1 cm³/mol. The molecule has 4 nitrogen and oxygen atoms in total. The van der Waals surface area contributed by atoms with E-state index in [9.17, 15) is 4.79 Å². The summed E-state index contributed by atoms with van der Waals surface area (Å²) < 4.78 is 5.52. The maximum absolute atomic E-state index is 12.3. The van der Waals surface area contributed by atoms with Gasteiger partial charge in [-0.2, -0.15) is 0 Å². The largest absolute Gasteiger partial charge is 0.482 e. The number of piperazine rings is 1. The summed E-state index contributed by atoms with van der Waals surface area (Å²) in [5.41, 5.74) is 0.